The number of phenols is 1. The first kappa shape index (κ1) is 19.1. The van der Waals surface area contributed by atoms with Crippen molar-refractivity contribution in [3.05, 3.63) is 48.4 Å². The van der Waals surface area contributed by atoms with Gasteiger partial charge in [-0.15, -0.1) is 22.0 Å². The Labute approximate surface area is 185 Å². The Hall–Kier alpha value is -2.64. The van der Waals surface area contributed by atoms with Crippen LogP contribution in [0.3, 0.4) is 0 Å². The molecule has 0 amide bonds. The summed E-state index contributed by atoms with van der Waals surface area (Å²) >= 11 is 1.80. The zero-order valence-corrected chi connectivity index (χ0v) is 18.3. The van der Waals surface area contributed by atoms with Crippen LogP contribution in [0.4, 0.5) is 0 Å². The molecule has 0 spiro atoms. The molecule has 31 heavy (non-hydrogen) atoms. The van der Waals surface area contributed by atoms with E-state index < -0.39 is 0 Å². The molecule has 3 aliphatic heterocycles. The third-order valence-corrected chi connectivity index (χ3v) is 7.75. The maximum atomic E-state index is 10.7. The summed E-state index contributed by atoms with van der Waals surface area (Å²) in [5.74, 6) is 1.76. The Morgan fingerprint density at radius 1 is 1.10 bits per heavy atom. The molecular formula is C24H25N5OS. The van der Waals surface area contributed by atoms with Crippen LogP contribution in [0.25, 0.3) is 28.0 Å². The second kappa shape index (κ2) is 7.50. The third-order valence-electron chi connectivity index (χ3n) is 6.80. The molecule has 6 rings (SSSR count). The maximum Gasteiger partial charge on any atom is 0.125 e. The Morgan fingerprint density at radius 2 is 1.94 bits per heavy atom. The van der Waals surface area contributed by atoms with Crippen molar-refractivity contribution in [2.45, 2.75) is 42.7 Å². The summed E-state index contributed by atoms with van der Waals surface area (Å²) in [5.41, 5.74) is 5.75. The smallest absolute Gasteiger partial charge is 0.125 e. The first-order valence-electron chi connectivity index (χ1n) is 10.9. The van der Waals surface area contributed by atoms with E-state index in [1.807, 2.05) is 25.4 Å². The fraction of sp³-hybridized carbons (Fsp3) is 0.375. The molecule has 1 unspecified atom stereocenters. The van der Waals surface area contributed by atoms with Crippen LogP contribution in [0.5, 0.6) is 5.75 Å². The number of aromatic hydroxyl groups is 1. The Bertz CT molecular complexity index is 1170. The normalized spacial score (nSPS) is 24.7. The number of hydrogen-bond donors (Lipinski definition) is 2. The van der Waals surface area contributed by atoms with Crippen LogP contribution >= 0.6 is 11.8 Å². The standard InChI is InChI=1S/C24H25N5OS/c1-29-13-16(12-25-29)14-2-5-20(22(30)10-14)21-11-23-24(28-27-21)19(6-7-31-23)15-8-17-3-4-18(9-15)26-17/h2,5-6,10-13,15,17-18,26,30H,3-4,7-9H2,1H3/t15?,17-,18+. The summed E-state index contributed by atoms with van der Waals surface area (Å²) < 4.78 is 1.76. The second-order valence-electron chi connectivity index (χ2n) is 8.85. The molecule has 0 radical (unpaired) electrons. The Morgan fingerprint density at radius 3 is 2.68 bits per heavy atom. The number of piperidine rings is 1. The largest absolute Gasteiger partial charge is 0.507 e. The topological polar surface area (TPSA) is 75.9 Å². The van der Waals surface area contributed by atoms with E-state index in [1.165, 1.54) is 36.2 Å². The molecule has 6 nitrogen and oxygen atoms in total. The quantitative estimate of drug-likeness (QED) is 0.645. The SMILES string of the molecule is Cn1cc(-c2ccc(-c3cc4c(nn3)C(C3C[C@H]5CC[C@@H](C3)N5)=CCS4)c(O)c2)cn1. The third kappa shape index (κ3) is 3.46. The molecule has 158 valence electrons. The van der Waals surface area contributed by atoms with E-state index in [4.69, 9.17) is 0 Å². The van der Waals surface area contributed by atoms with E-state index in [0.717, 1.165) is 22.6 Å². The number of fused-ring (bicyclic) bond motifs is 3. The average Bonchev–Trinajstić information content (AvgIpc) is 3.37. The van der Waals surface area contributed by atoms with E-state index in [0.29, 0.717) is 29.3 Å². The lowest BCUT2D eigenvalue weighted by molar-refractivity contribution is 0.350. The van der Waals surface area contributed by atoms with E-state index in [9.17, 15) is 5.11 Å². The molecule has 2 aromatic heterocycles. The van der Waals surface area contributed by atoms with E-state index in [1.54, 1.807) is 28.7 Å². The van der Waals surface area contributed by atoms with Gasteiger partial charge >= 0.3 is 0 Å². The highest BCUT2D eigenvalue weighted by Crippen LogP contribution is 2.44. The molecule has 0 aliphatic carbocycles. The monoisotopic (exact) mass is 431 g/mol. The number of phenolic OH excluding ortho intramolecular Hbond substituents is 1. The highest BCUT2D eigenvalue weighted by Gasteiger charge is 2.36. The van der Waals surface area contributed by atoms with E-state index >= 15 is 0 Å². The van der Waals surface area contributed by atoms with Gasteiger partial charge in [-0.2, -0.15) is 5.10 Å². The zero-order chi connectivity index (χ0) is 20.9. The molecule has 3 atom stereocenters. The van der Waals surface area contributed by atoms with Crippen molar-refractivity contribution in [1.29, 1.82) is 0 Å². The molecule has 2 fully saturated rings. The number of aromatic nitrogens is 4. The second-order valence-corrected chi connectivity index (χ2v) is 9.92. The van der Waals surface area contributed by atoms with Crippen LogP contribution in [0.1, 0.15) is 31.4 Å². The van der Waals surface area contributed by atoms with Gasteiger partial charge in [-0.1, -0.05) is 12.1 Å². The Kier molecular flexibility index (Phi) is 4.61. The summed E-state index contributed by atoms with van der Waals surface area (Å²) in [6, 6.07) is 9.10. The van der Waals surface area contributed by atoms with Crippen LogP contribution in [0.2, 0.25) is 0 Å². The predicted molar refractivity (Wildman–Crippen MR) is 123 cm³/mol. The van der Waals surface area contributed by atoms with Crippen LogP contribution in [0.15, 0.2) is 47.6 Å². The van der Waals surface area contributed by atoms with Gasteiger partial charge in [0.15, 0.2) is 0 Å². The molecule has 5 heterocycles. The van der Waals surface area contributed by atoms with Gasteiger partial charge in [0.25, 0.3) is 0 Å². The lowest BCUT2D eigenvalue weighted by Gasteiger charge is -2.32. The first-order chi connectivity index (χ1) is 15.1. The highest BCUT2D eigenvalue weighted by atomic mass is 32.2. The number of allylic oxidation sites excluding steroid dienone is 1. The van der Waals surface area contributed by atoms with Crippen LogP contribution < -0.4 is 5.32 Å². The van der Waals surface area contributed by atoms with Crippen LogP contribution in [-0.4, -0.2) is 42.9 Å². The molecule has 2 saturated heterocycles. The number of hydrogen-bond acceptors (Lipinski definition) is 6. The summed E-state index contributed by atoms with van der Waals surface area (Å²) in [5, 5.41) is 27.9. The van der Waals surface area contributed by atoms with E-state index in [-0.39, 0.29) is 5.75 Å². The molecule has 2 bridgehead atoms. The molecule has 2 N–H and O–H groups in total. The number of aryl methyl sites for hydroxylation is 1. The fourth-order valence-corrected chi connectivity index (χ4v) is 6.24. The van der Waals surface area contributed by atoms with Crippen molar-refractivity contribution in [2.24, 2.45) is 13.0 Å². The molecule has 1 aromatic carbocycles. The predicted octanol–water partition coefficient (Wildman–Crippen LogP) is 4.27. The number of nitrogens with zero attached hydrogens (tertiary/aromatic N) is 4. The van der Waals surface area contributed by atoms with Crippen molar-refractivity contribution >= 4 is 17.3 Å². The zero-order valence-electron chi connectivity index (χ0n) is 17.5. The van der Waals surface area contributed by atoms with Crippen molar-refractivity contribution in [2.75, 3.05) is 5.75 Å². The van der Waals surface area contributed by atoms with Crippen molar-refractivity contribution < 1.29 is 5.11 Å². The van der Waals surface area contributed by atoms with E-state index in [2.05, 4.69) is 32.8 Å². The fourth-order valence-electron chi connectivity index (χ4n) is 5.30. The van der Waals surface area contributed by atoms with Crippen molar-refractivity contribution in [3.63, 3.8) is 0 Å². The minimum atomic E-state index is 0.210. The van der Waals surface area contributed by atoms with Crippen molar-refractivity contribution in [1.82, 2.24) is 25.3 Å². The lowest BCUT2D eigenvalue weighted by atomic mass is 9.84. The van der Waals surface area contributed by atoms with Gasteiger partial charge in [-0.05, 0) is 60.9 Å². The minimum absolute atomic E-state index is 0.210. The van der Waals surface area contributed by atoms with Crippen LogP contribution in [0, 0.1) is 5.92 Å². The van der Waals surface area contributed by atoms with Gasteiger partial charge in [-0.3, -0.25) is 4.68 Å². The summed E-state index contributed by atoms with van der Waals surface area (Å²) in [6.07, 6.45) is 11.1. The highest BCUT2D eigenvalue weighted by molar-refractivity contribution is 7.99. The molecule has 7 heteroatoms. The average molecular weight is 432 g/mol. The lowest BCUT2D eigenvalue weighted by Crippen LogP contribution is -2.38. The first-order valence-corrected chi connectivity index (χ1v) is 11.9. The molecule has 3 aliphatic rings. The van der Waals surface area contributed by atoms with Crippen molar-refractivity contribution in [3.8, 4) is 28.1 Å². The molecule has 3 aromatic rings. The molecule has 0 saturated carbocycles. The van der Waals surface area contributed by atoms with Crippen LogP contribution in [-0.2, 0) is 7.05 Å². The minimum Gasteiger partial charge on any atom is -0.507 e. The maximum absolute atomic E-state index is 10.7. The summed E-state index contributed by atoms with van der Waals surface area (Å²) in [7, 11) is 1.88. The van der Waals surface area contributed by atoms with Gasteiger partial charge in [0, 0.05) is 47.1 Å². The Balaban J connectivity index is 1.30. The number of thioether (sulfide) groups is 1. The number of nitrogens with one attached hydrogen (secondary N) is 1. The summed E-state index contributed by atoms with van der Waals surface area (Å²) in [6.45, 7) is 0. The summed E-state index contributed by atoms with van der Waals surface area (Å²) in [4.78, 5) is 1.17. The number of benzene rings is 1. The van der Waals surface area contributed by atoms with Gasteiger partial charge < -0.3 is 10.4 Å². The molecular weight excluding hydrogens is 406 g/mol. The van der Waals surface area contributed by atoms with Gasteiger partial charge in [-0.25, -0.2) is 0 Å². The van der Waals surface area contributed by atoms with Gasteiger partial charge in [0.1, 0.15) is 11.4 Å². The van der Waals surface area contributed by atoms with Gasteiger partial charge in [0.2, 0.25) is 0 Å². The number of rotatable bonds is 3. The van der Waals surface area contributed by atoms with Gasteiger partial charge in [0.05, 0.1) is 11.9 Å².